The molecule has 0 amide bonds. The van der Waals surface area contributed by atoms with Crippen LogP contribution in [0.1, 0.15) is 5.56 Å². The summed E-state index contributed by atoms with van der Waals surface area (Å²) in [5.41, 5.74) is 2.72. The maximum Gasteiger partial charge on any atom is 0.416 e. The molecule has 0 fully saturated rings. The summed E-state index contributed by atoms with van der Waals surface area (Å²) in [4.78, 5) is 17.3. The summed E-state index contributed by atoms with van der Waals surface area (Å²) in [5.74, 6) is 0.687. The van der Waals surface area contributed by atoms with Crippen molar-refractivity contribution in [2.75, 3.05) is 7.11 Å². The highest BCUT2D eigenvalue weighted by Gasteiger charge is 2.30. The molecule has 2 heterocycles. The molecule has 2 aromatic heterocycles. The summed E-state index contributed by atoms with van der Waals surface area (Å²) in [6.45, 7) is 0. The van der Waals surface area contributed by atoms with Crippen molar-refractivity contribution in [3.63, 3.8) is 0 Å². The van der Waals surface area contributed by atoms with E-state index in [0.29, 0.717) is 22.6 Å². The summed E-state index contributed by atoms with van der Waals surface area (Å²) < 4.78 is 45.7. The summed E-state index contributed by atoms with van der Waals surface area (Å²) >= 11 is 0. The number of hydrogen-bond acceptors (Lipinski definition) is 3. The topological polar surface area (TPSA) is 44.1 Å². The van der Waals surface area contributed by atoms with E-state index < -0.39 is 11.7 Å². The van der Waals surface area contributed by atoms with Gasteiger partial charge in [-0.2, -0.15) is 13.2 Å². The Labute approximate surface area is 182 Å². The molecule has 7 heteroatoms. The number of pyridine rings is 2. The van der Waals surface area contributed by atoms with Gasteiger partial charge >= 0.3 is 6.18 Å². The Bertz CT molecular complexity index is 1290. The summed E-state index contributed by atoms with van der Waals surface area (Å²) in [6.07, 6.45) is -1.16. The minimum absolute atomic E-state index is 0.310. The van der Waals surface area contributed by atoms with E-state index in [1.165, 1.54) is 16.7 Å². The van der Waals surface area contributed by atoms with Crippen LogP contribution in [0.3, 0.4) is 0 Å². The average molecular weight is 436 g/mol. The Morgan fingerprint density at radius 2 is 1.38 bits per heavy atom. The van der Waals surface area contributed by atoms with Crippen molar-refractivity contribution in [2.45, 2.75) is 6.18 Å². The number of ether oxygens (including phenoxy) is 1. The van der Waals surface area contributed by atoms with Gasteiger partial charge in [0.2, 0.25) is 0 Å². The minimum Gasteiger partial charge on any atom is -0.497 e. The monoisotopic (exact) mass is 436 g/mol. The van der Waals surface area contributed by atoms with Gasteiger partial charge in [0.1, 0.15) is 5.75 Å². The van der Waals surface area contributed by atoms with E-state index in [1.54, 1.807) is 44.8 Å². The quantitative estimate of drug-likeness (QED) is 0.406. The molecule has 0 unspecified atom stereocenters. The van der Waals surface area contributed by atoms with Crippen LogP contribution in [0, 0.1) is 0 Å². The number of nitrogens with zero attached hydrogens (tertiary/aromatic N) is 2. The van der Waals surface area contributed by atoms with Gasteiger partial charge in [-0.1, -0.05) is 24.3 Å². The third kappa shape index (κ3) is 4.01. The van der Waals surface area contributed by atoms with E-state index in [0.717, 1.165) is 28.8 Å². The lowest BCUT2D eigenvalue weighted by molar-refractivity contribution is -0.137. The van der Waals surface area contributed by atoms with Crippen LogP contribution < -0.4 is 10.3 Å². The number of hydrogen-bond donors (Lipinski definition) is 0. The smallest absolute Gasteiger partial charge is 0.416 e. The zero-order valence-electron chi connectivity index (χ0n) is 17.4. The first-order valence-corrected chi connectivity index (χ1v) is 9.76. The summed E-state index contributed by atoms with van der Waals surface area (Å²) in [6, 6.07) is 17.3. The maximum atomic E-state index is 13.2. The van der Waals surface area contributed by atoms with Gasteiger partial charge in [0.15, 0.2) is 0 Å². The lowest BCUT2D eigenvalue weighted by atomic mass is 9.95. The Morgan fingerprint density at radius 1 is 0.812 bits per heavy atom. The lowest BCUT2D eigenvalue weighted by Crippen LogP contribution is -2.21. The molecular formula is C25H19F3N2O2. The molecule has 0 radical (unpaired) electrons. The molecule has 0 aliphatic heterocycles. The highest BCUT2D eigenvalue weighted by Crippen LogP contribution is 2.35. The van der Waals surface area contributed by atoms with E-state index in [-0.39, 0.29) is 5.56 Å². The van der Waals surface area contributed by atoms with Gasteiger partial charge in [0, 0.05) is 36.1 Å². The molecular weight excluding hydrogens is 417 g/mol. The second-order valence-corrected chi connectivity index (χ2v) is 7.22. The van der Waals surface area contributed by atoms with Crippen LogP contribution in [-0.2, 0) is 13.2 Å². The van der Waals surface area contributed by atoms with E-state index in [2.05, 4.69) is 4.98 Å². The summed E-state index contributed by atoms with van der Waals surface area (Å²) in [7, 11) is 3.23. The molecule has 0 spiro atoms. The van der Waals surface area contributed by atoms with E-state index in [9.17, 15) is 18.0 Å². The number of aromatic nitrogens is 2. The fourth-order valence-electron chi connectivity index (χ4n) is 3.63. The summed E-state index contributed by atoms with van der Waals surface area (Å²) in [5, 5.41) is 0. The fourth-order valence-corrected chi connectivity index (χ4v) is 3.63. The SMILES string of the molecule is COc1ccc(-c2cc(-c3ccc(C(F)(F)F)cc3)c(=O)n(C)c2-c2ccncc2)cc1. The molecule has 4 rings (SSSR count). The Morgan fingerprint density at radius 3 is 1.94 bits per heavy atom. The van der Waals surface area contributed by atoms with Gasteiger partial charge in [0.05, 0.1) is 18.4 Å². The standard InChI is InChI=1S/C25H19F3N2O2/c1-30-23(18-11-13-29-14-12-18)21(16-5-9-20(32-2)10-6-16)15-22(24(30)31)17-3-7-19(8-4-17)25(26,27)28/h3-15H,1-2H3. The molecule has 162 valence electrons. The Kier molecular flexibility index (Phi) is 5.57. The van der Waals surface area contributed by atoms with Crippen molar-refractivity contribution in [2.24, 2.45) is 7.05 Å². The van der Waals surface area contributed by atoms with Crippen LogP contribution >= 0.6 is 0 Å². The largest absolute Gasteiger partial charge is 0.497 e. The zero-order valence-corrected chi connectivity index (χ0v) is 17.4. The fraction of sp³-hybridized carbons (Fsp3) is 0.120. The number of rotatable bonds is 4. The molecule has 0 aliphatic carbocycles. The number of halogens is 3. The van der Waals surface area contributed by atoms with Gasteiger partial charge in [-0.15, -0.1) is 0 Å². The molecule has 2 aromatic carbocycles. The van der Waals surface area contributed by atoms with Crippen LogP contribution in [-0.4, -0.2) is 16.7 Å². The van der Waals surface area contributed by atoms with E-state index in [1.807, 2.05) is 24.3 Å². The lowest BCUT2D eigenvalue weighted by Gasteiger charge is -2.17. The predicted octanol–water partition coefficient (Wildman–Crippen LogP) is 5.81. The maximum absolute atomic E-state index is 13.2. The zero-order chi connectivity index (χ0) is 22.9. The molecule has 0 atom stereocenters. The molecule has 0 saturated heterocycles. The Hall–Kier alpha value is -3.87. The van der Waals surface area contributed by atoms with Crippen LogP contribution in [0.25, 0.3) is 33.5 Å². The van der Waals surface area contributed by atoms with Crippen molar-refractivity contribution in [3.05, 3.63) is 95.0 Å². The highest BCUT2D eigenvalue weighted by molar-refractivity contribution is 5.84. The average Bonchev–Trinajstić information content (AvgIpc) is 2.81. The third-order valence-corrected chi connectivity index (χ3v) is 5.29. The van der Waals surface area contributed by atoms with Crippen LogP contribution in [0.15, 0.2) is 83.9 Å². The van der Waals surface area contributed by atoms with Gasteiger partial charge in [-0.3, -0.25) is 9.78 Å². The van der Waals surface area contributed by atoms with Gasteiger partial charge in [-0.05, 0) is 53.6 Å². The molecule has 0 bridgehead atoms. The second-order valence-electron chi connectivity index (χ2n) is 7.22. The molecule has 0 saturated carbocycles. The first kappa shape index (κ1) is 21.4. The minimum atomic E-state index is -4.44. The van der Waals surface area contributed by atoms with Crippen molar-refractivity contribution in [1.29, 1.82) is 0 Å². The first-order chi connectivity index (χ1) is 15.3. The van der Waals surface area contributed by atoms with Gasteiger partial charge in [0.25, 0.3) is 5.56 Å². The highest BCUT2D eigenvalue weighted by atomic mass is 19.4. The van der Waals surface area contributed by atoms with Crippen molar-refractivity contribution in [3.8, 4) is 39.3 Å². The first-order valence-electron chi connectivity index (χ1n) is 9.76. The normalized spacial score (nSPS) is 11.4. The molecule has 0 N–H and O–H groups in total. The van der Waals surface area contributed by atoms with Crippen molar-refractivity contribution < 1.29 is 17.9 Å². The van der Waals surface area contributed by atoms with E-state index >= 15 is 0 Å². The van der Waals surface area contributed by atoms with Gasteiger partial charge in [-0.25, -0.2) is 0 Å². The number of alkyl halides is 3. The van der Waals surface area contributed by atoms with Crippen LogP contribution in [0.4, 0.5) is 13.2 Å². The molecule has 0 aliphatic rings. The molecule has 4 nitrogen and oxygen atoms in total. The van der Waals surface area contributed by atoms with Crippen LogP contribution in [0.2, 0.25) is 0 Å². The second kappa shape index (κ2) is 8.34. The van der Waals surface area contributed by atoms with Crippen molar-refractivity contribution >= 4 is 0 Å². The van der Waals surface area contributed by atoms with E-state index in [4.69, 9.17) is 4.74 Å². The van der Waals surface area contributed by atoms with Gasteiger partial charge < -0.3 is 9.30 Å². The third-order valence-electron chi connectivity index (χ3n) is 5.29. The molecule has 32 heavy (non-hydrogen) atoms. The van der Waals surface area contributed by atoms with Crippen LogP contribution in [0.5, 0.6) is 5.75 Å². The number of methoxy groups -OCH3 is 1. The van der Waals surface area contributed by atoms with Crippen molar-refractivity contribution in [1.82, 2.24) is 9.55 Å². The Balaban J connectivity index is 1.95. The molecule has 4 aromatic rings. The predicted molar refractivity (Wildman–Crippen MR) is 117 cm³/mol. The number of benzene rings is 2.